The van der Waals surface area contributed by atoms with Gasteiger partial charge in [0.2, 0.25) is 0 Å². The molecule has 2 nitrogen and oxygen atoms in total. The Bertz CT molecular complexity index is 3840. The van der Waals surface area contributed by atoms with Gasteiger partial charge in [0.25, 0.3) is 0 Å². The maximum Gasteiger partial charge on any atom is 0.143 e. The Kier molecular flexibility index (Phi) is 7.64. The Morgan fingerprint density at radius 3 is 1.60 bits per heavy atom. The van der Waals surface area contributed by atoms with Crippen LogP contribution in [0.4, 0.5) is 17.1 Å². The van der Waals surface area contributed by atoms with E-state index in [1.165, 1.54) is 77.4 Å². The average Bonchev–Trinajstić information content (AvgIpc) is 4.01. The van der Waals surface area contributed by atoms with Crippen LogP contribution in [0.25, 0.3) is 88.0 Å². The number of para-hydroxylation sites is 1. The molecule has 0 unspecified atom stereocenters. The summed E-state index contributed by atoms with van der Waals surface area (Å²) in [5, 5.41) is 6.84. The summed E-state index contributed by atoms with van der Waals surface area (Å²) in [4.78, 5) is 2.39. The summed E-state index contributed by atoms with van der Waals surface area (Å²) in [5.41, 5.74) is 20.2. The van der Waals surface area contributed by atoms with Crippen molar-refractivity contribution in [2.45, 2.75) is 5.41 Å². The van der Waals surface area contributed by atoms with E-state index >= 15 is 0 Å². The number of rotatable bonds is 5. The van der Waals surface area contributed by atoms with Crippen LogP contribution < -0.4 is 4.90 Å². The Morgan fingerprint density at radius 2 is 0.862 bits per heavy atom. The van der Waals surface area contributed by atoms with Crippen molar-refractivity contribution in [3.8, 4) is 44.5 Å². The summed E-state index contributed by atoms with van der Waals surface area (Å²) in [5.74, 6) is 0. The molecule has 0 radical (unpaired) electrons. The molecule has 0 bridgehead atoms. The van der Waals surface area contributed by atoms with Crippen LogP contribution in [0.2, 0.25) is 0 Å². The second-order valence-electron chi connectivity index (χ2n) is 17.5. The fraction of sp³-hybridized carbons (Fsp3) is 0.0159. The molecule has 1 spiro atoms. The Morgan fingerprint density at radius 1 is 0.323 bits per heavy atom. The van der Waals surface area contributed by atoms with Crippen LogP contribution in [-0.2, 0) is 5.41 Å². The zero-order chi connectivity index (χ0) is 42.6. The van der Waals surface area contributed by atoms with Gasteiger partial charge >= 0.3 is 0 Å². The summed E-state index contributed by atoms with van der Waals surface area (Å²) in [6, 6.07) is 86.8. The Labute approximate surface area is 376 Å². The van der Waals surface area contributed by atoms with Crippen LogP contribution >= 0.6 is 0 Å². The van der Waals surface area contributed by atoms with Crippen LogP contribution in [0.5, 0.6) is 0 Å². The molecule has 1 aromatic heterocycles. The third kappa shape index (κ3) is 5.05. The van der Waals surface area contributed by atoms with Crippen LogP contribution in [0, 0.1) is 0 Å². The molecule has 0 saturated carbocycles. The fourth-order valence-corrected chi connectivity index (χ4v) is 11.6. The van der Waals surface area contributed by atoms with E-state index < -0.39 is 0 Å². The van der Waals surface area contributed by atoms with E-state index in [2.05, 4.69) is 241 Å². The highest BCUT2D eigenvalue weighted by Gasteiger charge is 2.51. The van der Waals surface area contributed by atoms with Gasteiger partial charge in [-0.3, -0.25) is 0 Å². The SMILES string of the molecule is c1ccc(N(c2cccc3ccccc23)c2cccc3oc4c5ccccc5c(-c5ccc(-c6ccc7c(c6)-c6ccccc6C76c7ccccc7-c7ccccc76)cc5)cc4c23)cc1. The highest BCUT2D eigenvalue weighted by Crippen LogP contribution is 2.63. The predicted molar refractivity (Wildman–Crippen MR) is 271 cm³/mol. The standard InChI is InChI=1S/C63H39NO/c1-2-18-44(19-3-1)64(58-29-14-17-41-16-4-5-20-45(41)58)59-30-15-31-60-61(59)53-39-51(46-21-6-7-25-50(46)62(53)65-60)42-34-32-40(33-35-42)43-36-37-57-52(38-43)49-24-10-13-28-56(49)63(57)54-26-11-8-22-47(54)48-23-9-12-27-55(48)63/h1-39H. The van der Waals surface area contributed by atoms with Gasteiger partial charge in [0.05, 0.1) is 22.2 Å². The van der Waals surface area contributed by atoms with E-state index in [1.807, 2.05) is 0 Å². The van der Waals surface area contributed by atoms with Gasteiger partial charge in [-0.15, -0.1) is 0 Å². The minimum Gasteiger partial charge on any atom is -0.455 e. The molecule has 65 heavy (non-hydrogen) atoms. The normalized spacial score (nSPS) is 13.0. The van der Waals surface area contributed by atoms with E-state index in [1.54, 1.807) is 0 Å². The van der Waals surface area contributed by atoms with Gasteiger partial charge in [-0.1, -0.05) is 194 Å². The number of fused-ring (bicyclic) bond motifs is 16. The number of hydrogen-bond acceptors (Lipinski definition) is 2. The van der Waals surface area contributed by atoms with Crippen molar-refractivity contribution in [3.05, 3.63) is 259 Å². The Hall–Kier alpha value is -8.46. The van der Waals surface area contributed by atoms with E-state index in [0.717, 1.165) is 50.0 Å². The van der Waals surface area contributed by atoms with E-state index in [0.29, 0.717) is 0 Å². The molecule has 0 amide bonds. The molecule has 12 aromatic rings. The number of anilines is 3. The first-order valence-corrected chi connectivity index (χ1v) is 22.5. The molecule has 0 aliphatic heterocycles. The van der Waals surface area contributed by atoms with Crippen molar-refractivity contribution >= 4 is 60.5 Å². The van der Waals surface area contributed by atoms with Crippen molar-refractivity contribution in [1.29, 1.82) is 0 Å². The first-order chi connectivity index (χ1) is 32.3. The van der Waals surface area contributed by atoms with Gasteiger partial charge in [0, 0.05) is 21.8 Å². The second kappa shape index (κ2) is 13.8. The third-order valence-corrected chi connectivity index (χ3v) is 14.3. The van der Waals surface area contributed by atoms with E-state index in [4.69, 9.17) is 4.42 Å². The van der Waals surface area contributed by atoms with Crippen LogP contribution in [0.15, 0.2) is 241 Å². The molecule has 2 aliphatic rings. The quantitative estimate of drug-likeness (QED) is 0.172. The molecular formula is C63H39NO. The maximum atomic E-state index is 6.89. The predicted octanol–water partition coefficient (Wildman–Crippen LogP) is 17.0. The largest absolute Gasteiger partial charge is 0.455 e. The molecule has 0 saturated heterocycles. The monoisotopic (exact) mass is 825 g/mol. The number of hydrogen-bond donors (Lipinski definition) is 0. The van der Waals surface area contributed by atoms with Gasteiger partial charge in [-0.05, 0) is 120 Å². The number of furan rings is 1. The van der Waals surface area contributed by atoms with Gasteiger partial charge in [0.1, 0.15) is 11.2 Å². The van der Waals surface area contributed by atoms with Crippen LogP contribution in [0.1, 0.15) is 22.3 Å². The van der Waals surface area contributed by atoms with Crippen LogP contribution in [-0.4, -0.2) is 0 Å². The topological polar surface area (TPSA) is 16.4 Å². The number of nitrogens with zero attached hydrogens (tertiary/aromatic N) is 1. The summed E-state index contributed by atoms with van der Waals surface area (Å²) < 4.78 is 6.89. The number of benzene rings is 11. The molecule has 1 heterocycles. The second-order valence-corrected chi connectivity index (χ2v) is 17.5. The minimum absolute atomic E-state index is 0.342. The zero-order valence-corrected chi connectivity index (χ0v) is 35.4. The molecular weight excluding hydrogens is 787 g/mol. The van der Waals surface area contributed by atoms with Crippen molar-refractivity contribution < 1.29 is 4.42 Å². The fourth-order valence-electron chi connectivity index (χ4n) is 11.6. The summed E-state index contributed by atoms with van der Waals surface area (Å²) in [6.45, 7) is 0. The first-order valence-electron chi connectivity index (χ1n) is 22.5. The lowest BCUT2D eigenvalue weighted by molar-refractivity contribution is 0.672. The van der Waals surface area contributed by atoms with Gasteiger partial charge in [-0.2, -0.15) is 0 Å². The highest BCUT2D eigenvalue weighted by atomic mass is 16.3. The smallest absolute Gasteiger partial charge is 0.143 e. The van der Waals surface area contributed by atoms with Crippen LogP contribution in [0.3, 0.4) is 0 Å². The lowest BCUT2D eigenvalue weighted by Gasteiger charge is -2.30. The molecule has 0 fully saturated rings. The van der Waals surface area contributed by atoms with Crippen molar-refractivity contribution in [3.63, 3.8) is 0 Å². The third-order valence-electron chi connectivity index (χ3n) is 14.3. The van der Waals surface area contributed by atoms with Gasteiger partial charge < -0.3 is 9.32 Å². The highest BCUT2D eigenvalue weighted by molar-refractivity contribution is 6.23. The summed E-state index contributed by atoms with van der Waals surface area (Å²) in [7, 11) is 0. The molecule has 2 aliphatic carbocycles. The lowest BCUT2D eigenvalue weighted by atomic mass is 9.70. The van der Waals surface area contributed by atoms with Gasteiger partial charge in [-0.25, -0.2) is 0 Å². The van der Waals surface area contributed by atoms with E-state index in [9.17, 15) is 0 Å². The Balaban J connectivity index is 0.922. The van der Waals surface area contributed by atoms with E-state index in [-0.39, 0.29) is 5.41 Å². The molecule has 14 rings (SSSR count). The van der Waals surface area contributed by atoms with Crippen molar-refractivity contribution in [1.82, 2.24) is 0 Å². The first kappa shape index (κ1) is 36.1. The molecule has 2 heteroatoms. The van der Waals surface area contributed by atoms with Crippen molar-refractivity contribution in [2.75, 3.05) is 4.90 Å². The zero-order valence-electron chi connectivity index (χ0n) is 35.4. The lowest BCUT2D eigenvalue weighted by Crippen LogP contribution is -2.25. The molecule has 302 valence electrons. The van der Waals surface area contributed by atoms with Crippen molar-refractivity contribution in [2.24, 2.45) is 0 Å². The molecule has 11 aromatic carbocycles. The average molecular weight is 826 g/mol. The summed E-state index contributed by atoms with van der Waals surface area (Å²) >= 11 is 0. The maximum absolute atomic E-state index is 6.89. The summed E-state index contributed by atoms with van der Waals surface area (Å²) in [6.07, 6.45) is 0. The molecule has 0 N–H and O–H groups in total. The van der Waals surface area contributed by atoms with Gasteiger partial charge in [0.15, 0.2) is 0 Å². The minimum atomic E-state index is -0.342. The molecule has 0 atom stereocenters.